The fraction of sp³-hybridized carbons (Fsp3) is 0.467. The number of piperidine rings is 1. The third kappa shape index (κ3) is 2.41. The summed E-state index contributed by atoms with van der Waals surface area (Å²) in [6.45, 7) is 1.47. The third-order valence-electron chi connectivity index (χ3n) is 4.06. The van der Waals surface area contributed by atoms with E-state index in [1.165, 1.54) is 6.42 Å². The van der Waals surface area contributed by atoms with Gasteiger partial charge in [0.05, 0.1) is 17.4 Å². The van der Waals surface area contributed by atoms with Crippen LogP contribution in [0.5, 0.6) is 0 Å². The van der Waals surface area contributed by atoms with Gasteiger partial charge in [-0.25, -0.2) is 4.98 Å². The molecular weight excluding hydrogens is 252 g/mol. The first-order chi connectivity index (χ1) is 9.79. The minimum absolute atomic E-state index is 0.111. The zero-order chi connectivity index (χ0) is 13.9. The number of aromatic nitrogens is 2. The number of aromatic amines is 1. The molecule has 1 aliphatic heterocycles. The highest BCUT2D eigenvalue weighted by Gasteiger charge is 2.26. The van der Waals surface area contributed by atoms with Crippen LogP contribution < -0.4 is 5.73 Å². The first-order valence-corrected chi connectivity index (χ1v) is 7.24. The summed E-state index contributed by atoms with van der Waals surface area (Å²) in [5.74, 6) is 0.111. The molecule has 5 heteroatoms. The SMILES string of the molecule is NCCC1CCCCN1C(=O)c1ccc2nc[nH]c2c1. The number of nitrogens with two attached hydrogens (primary N) is 1. The highest BCUT2D eigenvalue weighted by molar-refractivity contribution is 5.97. The van der Waals surface area contributed by atoms with Gasteiger partial charge in [-0.05, 0) is 50.4 Å². The fourth-order valence-corrected chi connectivity index (χ4v) is 2.99. The Labute approximate surface area is 118 Å². The largest absolute Gasteiger partial charge is 0.345 e. The van der Waals surface area contributed by atoms with Crippen molar-refractivity contribution < 1.29 is 4.79 Å². The first kappa shape index (κ1) is 13.1. The van der Waals surface area contributed by atoms with Gasteiger partial charge in [0.1, 0.15) is 0 Å². The van der Waals surface area contributed by atoms with Crippen LogP contribution in [-0.4, -0.2) is 39.9 Å². The van der Waals surface area contributed by atoms with Crippen LogP contribution in [0.25, 0.3) is 11.0 Å². The molecule has 0 spiro atoms. The van der Waals surface area contributed by atoms with Gasteiger partial charge in [-0.2, -0.15) is 0 Å². The van der Waals surface area contributed by atoms with Crippen LogP contribution in [0, 0.1) is 0 Å². The number of nitrogens with zero attached hydrogens (tertiary/aromatic N) is 2. The molecule has 1 aliphatic rings. The topological polar surface area (TPSA) is 75.0 Å². The molecule has 3 rings (SSSR count). The molecule has 2 aromatic rings. The average Bonchev–Trinajstić information content (AvgIpc) is 2.95. The summed E-state index contributed by atoms with van der Waals surface area (Å²) < 4.78 is 0. The Morgan fingerprint density at radius 3 is 3.20 bits per heavy atom. The molecule has 1 unspecified atom stereocenters. The van der Waals surface area contributed by atoms with Crippen LogP contribution in [0.15, 0.2) is 24.5 Å². The molecule has 1 aromatic heterocycles. The van der Waals surface area contributed by atoms with Gasteiger partial charge in [0, 0.05) is 18.2 Å². The summed E-state index contributed by atoms with van der Waals surface area (Å²) in [6, 6.07) is 5.93. The summed E-state index contributed by atoms with van der Waals surface area (Å²) in [5.41, 5.74) is 8.19. The minimum atomic E-state index is 0.111. The summed E-state index contributed by atoms with van der Waals surface area (Å²) in [6.07, 6.45) is 5.87. The molecule has 1 amide bonds. The van der Waals surface area contributed by atoms with Gasteiger partial charge >= 0.3 is 0 Å². The van der Waals surface area contributed by atoms with Crippen LogP contribution in [-0.2, 0) is 0 Å². The second-order valence-electron chi connectivity index (χ2n) is 5.36. The zero-order valence-corrected chi connectivity index (χ0v) is 11.5. The Morgan fingerprint density at radius 1 is 1.45 bits per heavy atom. The maximum atomic E-state index is 12.7. The monoisotopic (exact) mass is 272 g/mol. The number of H-pyrrole nitrogens is 1. The van der Waals surface area contributed by atoms with E-state index in [9.17, 15) is 4.79 Å². The Bertz CT molecular complexity index is 605. The molecule has 0 aliphatic carbocycles. The van der Waals surface area contributed by atoms with E-state index in [0.717, 1.165) is 42.4 Å². The summed E-state index contributed by atoms with van der Waals surface area (Å²) in [4.78, 5) is 21.9. The number of nitrogens with one attached hydrogen (secondary N) is 1. The Morgan fingerprint density at radius 2 is 2.35 bits per heavy atom. The van der Waals surface area contributed by atoms with E-state index < -0.39 is 0 Å². The number of benzene rings is 1. The van der Waals surface area contributed by atoms with Gasteiger partial charge in [0.2, 0.25) is 0 Å². The van der Waals surface area contributed by atoms with Gasteiger partial charge in [-0.15, -0.1) is 0 Å². The molecule has 5 nitrogen and oxygen atoms in total. The summed E-state index contributed by atoms with van der Waals surface area (Å²) in [5, 5.41) is 0. The third-order valence-corrected chi connectivity index (χ3v) is 4.06. The lowest BCUT2D eigenvalue weighted by atomic mass is 9.98. The molecule has 1 aromatic carbocycles. The van der Waals surface area contributed by atoms with E-state index >= 15 is 0 Å². The average molecular weight is 272 g/mol. The molecule has 1 saturated heterocycles. The van der Waals surface area contributed by atoms with Crippen LogP contribution in [0.2, 0.25) is 0 Å². The normalized spacial score (nSPS) is 19.4. The van der Waals surface area contributed by atoms with E-state index in [0.29, 0.717) is 12.6 Å². The minimum Gasteiger partial charge on any atom is -0.345 e. The van der Waals surface area contributed by atoms with Gasteiger partial charge in [-0.1, -0.05) is 0 Å². The predicted octanol–water partition coefficient (Wildman–Crippen LogP) is 1.91. The lowest BCUT2D eigenvalue weighted by Gasteiger charge is -2.35. The molecule has 106 valence electrons. The highest BCUT2D eigenvalue weighted by Crippen LogP contribution is 2.22. The number of likely N-dealkylation sites (tertiary alicyclic amines) is 1. The summed E-state index contributed by atoms with van der Waals surface area (Å²) >= 11 is 0. The molecule has 1 fully saturated rings. The van der Waals surface area contributed by atoms with Gasteiger partial charge in [0.25, 0.3) is 5.91 Å². The Kier molecular flexibility index (Phi) is 3.69. The van der Waals surface area contributed by atoms with Gasteiger partial charge < -0.3 is 15.6 Å². The number of carbonyl (C=O) groups is 1. The lowest BCUT2D eigenvalue weighted by Crippen LogP contribution is -2.44. The molecular formula is C15H20N4O. The van der Waals surface area contributed by atoms with Crippen LogP contribution in [0.4, 0.5) is 0 Å². The van der Waals surface area contributed by atoms with Crippen molar-refractivity contribution in [3.05, 3.63) is 30.1 Å². The molecule has 0 bridgehead atoms. The van der Waals surface area contributed by atoms with Crippen molar-refractivity contribution in [1.29, 1.82) is 0 Å². The second-order valence-corrected chi connectivity index (χ2v) is 5.36. The molecule has 0 saturated carbocycles. The maximum Gasteiger partial charge on any atom is 0.254 e. The van der Waals surface area contributed by atoms with E-state index in [-0.39, 0.29) is 5.91 Å². The van der Waals surface area contributed by atoms with Crippen molar-refractivity contribution in [2.24, 2.45) is 5.73 Å². The quantitative estimate of drug-likeness (QED) is 0.896. The fourth-order valence-electron chi connectivity index (χ4n) is 2.99. The van der Waals surface area contributed by atoms with Gasteiger partial charge in [0.15, 0.2) is 0 Å². The standard InChI is InChI=1S/C15H20N4O/c16-7-6-12-3-1-2-8-19(12)15(20)11-4-5-13-14(9-11)18-10-17-13/h4-5,9-10,12H,1-3,6-8,16H2,(H,17,18). The predicted molar refractivity (Wildman–Crippen MR) is 78.4 cm³/mol. The molecule has 2 heterocycles. The second kappa shape index (κ2) is 5.63. The Hall–Kier alpha value is -1.88. The number of fused-ring (bicyclic) bond motifs is 1. The van der Waals surface area contributed by atoms with Crippen molar-refractivity contribution in [3.63, 3.8) is 0 Å². The number of hydrogen-bond acceptors (Lipinski definition) is 3. The van der Waals surface area contributed by atoms with Crippen LogP contribution >= 0.6 is 0 Å². The first-order valence-electron chi connectivity index (χ1n) is 7.24. The maximum absolute atomic E-state index is 12.7. The molecule has 20 heavy (non-hydrogen) atoms. The smallest absolute Gasteiger partial charge is 0.254 e. The highest BCUT2D eigenvalue weighted by atomic mass is 16.2. The van der Waals surface area contributed by atoms with E-state index in [1.54, 1.807) is 6.33 Å². The molecule has 3 N–H and O–H groups in total. The van der Waals surface area contributed by atoms with E-state index in [1.807, 2.05) is 23.1 Å². The number of carbonyl (C=O) groups excluding carboxylic acids is 1. The summed E-state index contributed by atoms with van der Waals surface area (Å²) in [7, 11) is 0. The number of amides is 1. The van der Waals surface area contributed by atoms with Crippen molar-refractivity contribution in [2.75, 3.05) is 13.1 Å². The lowest BCUT2D eigenvalue weighted by molar-refractivity contribution is 0.0605. The van der Waals surface area contributed by atoms with E-state index in [4.69, 9.17) is 5.73 Å². The zero-order valence-electron chi connectivity index (χ0n) is 11.5. The molecule has 0 radical (unpaired) electrons. The number of hydrogen-bond donors (Lipinski definition) is 2. The Balaban J connectivity index is 1.85. The van der Waals surface area contributed by atoms with Crippen LogP contribution in [0.1, 0.15) is 36.0 Å². The van der Waals surface area contributed by atoms with E-state index in [2.05, 4.69) is 9.97 Å². The van der Waals surface area contributed by atoms with Crippen molar-refractivity contribution >= 4 is 16.9 Å². The number of rotatable bonds is 3. The van der Waals surface area contributed by atoms with Crippen molar-refractivity contribution in [2.45, 2.75) is 31.7 Å². The van der Waals surface area contributed by atoms with Gasteiger partial charge in [-0.3, -0.25) is 4.79 Å². The van der Waals surface area contributed by atoms with Crippen molar-refractivity contribution in [1.82, 2.24) is 14.9 Å². The van der Waals surface area contributed by atoms with Crippen LogP contribution in [0.3, 0.4) is 0 Å². The molecule has 1 atom stereocenters. The number of imidazole rings is 1. The van der Waals surface area contributed by atoms with Crippen molar-refractivity contribution in [3.8, 4) is 0 Å².